The van der Waals surface area contributed by atoms with Crippen LogP contribution in [-0.4, -0.2) is 15.4 Å². The normalized spacial score (nSPS) is 14.2. The van der Waals surface area contributed by atoms with Gasteiger partial charge in [0.05, 0.1) is 5.91 Å². The van der Waals surface area contributed by atoms with E-state index in [0.717, 1.165) is 15.1 Å². The summed E-state index contributed by atoms with van der Waals surface area (Å²) in [6.07, 6.45) is 3.36. The van der Waals surface area contributed by atoms with Crippen molar-refractivity contribution in [3.63, 3.8) is 0 Å². The van der Waals surface area contributed by atoms with Crippen LogP contribution in [0.2, 0.25) is 13.1 Å². The smallest absolute Gasteiger partial charge is 1.00 e. The van der Waals surface area contributed by atoms with Gasteiger partial charge in [0.25, 0.3) is 0 Å². The van der Waals surface area contributed by atoms with Gasteiger partial charge < -0.3 is 35.3 Å². The van der Waals surface area contributed by atoms with Crippen LogP contribution in [0.5, 0.6) is 0 Å². The van der Waals surface area contributed by atoms with Crippen LogP contribution in [0.3, 0.4) is 0 Å². The number of allylic oxidation sites excluding steroid dienone is 4. The first-order valence-electron chi connectivity index (χ1n) is 7.44. The van der Waals surface area contributed by atoms with Crippen molar-refractivity contribution in [1.29, 1.82) is 0 Å². The molecule has 2 nitrogen and oxygen atoms in total. The largest absolute Gasteiger partial charge is 4.00 e. The molecule has 1 N–H and O–H groups in total. The molecule has 1 amide bonds. The maximum absolute atomic E-state index is 10.5. The zero-order valence-electron chi connectivity index (χ0n) is 16.1. The molecule has 1 aromatic rings. The summed E-state index contributed by atoms with van der Waals surface area (Å²) in [5.74, 6) is -0.0527. The molecule has 0 saturated heterocycles. The SMILES string of the molecule is CC1=[C-]C(C)C(C)=C1C.C[Si]C.Cc1ccccc1C([NH-])=O.[Cl-].[Cl-].[Ti+4]. The summed E-state index contributed by atoms with van der Waals surface area (Å²) >= 11 is 0. The summed E-state index contributed by atoms with van der Waals surface area (Å²) in [5, 5.41) is 0. The first-order chi connectivity index (χ1) is 10.3. The Morgan fingerprint density at radius 2 is 1.52 bits per heavy atom. The minimum atomic E-state index is -0.613. The fourth-order valence-corrected chi connectivity index (χ4v) is 1.99. The van der Waals surface area contributed by atoms with Gasteiger partial charge in [-0.3, -0.25) is 6.08 Å². The molecule has 0 bridgehead atoms. The van der Waals surface area contributed by atoms with Crippen LogP contribution < -0.4 is 24.8 Å². The molecule has 1 unspecified atom stereocenters. The number of hydrogen-bond acceptors (Lipinski definition) is 1. The summed E-state index contributed by atoms with van der Waals surface area (Å²) in [6, 6.07) is 7.09. The number of amides is 1. The molecular formula is C19H27Cl2NOSiTi. The maximum atomic E-state index is 10.5. The van der Waals surface area contributed by atoms with E-state index in [1.54, 1.807) is 12.1 Å². The second-order valence-corrected chi connectivity index (χ2v) is 6.44. The summed E-state index contributed by atoms with van der Waals surface area (Å²) in [6.45, 7) is 14.8. The Labute approximate surface area is 183 Å². The van der Waals surface area contributed by atoms with E-state index >= 15 is 0 Å². The molecular weight excluding hydrogens is 405 g/mol. The summed E-state index contributed by atoms with van der Waals surface area (Å²) in [4.78, 5) is 10.5. The molecule has 0 fully saturated rings. The van der Waals surface area contributed by atoms with Crippen LogP contribution in [0, 0.1) is 18.9 Å². The topological polar surface area (TPSA) is 40.9 Å². The van der Waals surface area contributed by atoms with Crippen molar-refractivity contribution in [3.8, 4) is 0 Å². The van der Waals surface area contributed by atoms with Crippen LogP contribution in [0.15, 0.2) is 41.0 Å². The molecule has 0 saturated carbocycles. The zero-order valence-corrected chi connectivity index (χ0v) is 20.1. The van der Waals surface area contributed by atoms with Crippen LogP contribution in [0.25, 0.3) is 5.73 Å². The Morgan fingerprint density at radius 1 is 1.08 bits per heavy atom. The summed E-state index contributed by atoms with van der Waals surface area (Å²) in [5.41, 5.74) is 12.4. The molecule has 1 aromatic carbocycles. The summed E-state index contributed by atoms with van der Waals surface area (Å²) < 4.78 is 0. The Bertz CT molecular complexity index is 574. The van der Waals surface area contributed by atoms with E-state index in [2.05, 4.69) is 46.9 Å². The number of hydrogen-bond donors (Lipinski definition) is 0. The molecule has 2 radical (unpaired) electrons. The van der Waals surface area contributed by atoms with E-state index in [4.69, 9.17) is 5.73 Å². The second kappa shape index (κ2) is 17.1. The number of halogens is 2. The van der Waals surface area contributed by atoms with Gasteiger partial charge in [-0.15, -0.1) is 6.92 Å². The first kappa shape index (κ1) is 32.4. The molecule has 0 heterocycles. The van der Waals surface area contributed by atoms with Gasteiger partial charge in [0.15, 0.2) is 0 Å². The monoisotopic (exact) mass is 431 g/mol. The molecule has 2 rings (SSSR count). The van der Waals surface area contributed by atoms with Gasteiger partial charge in [-0.05, 0) is 12.5 Å². The molecule has 0 aromatic heterocycles. The Morgan fingerprint density at radius 3 is 1.72 bits per heavy atom. The molecule has 0 spiro atoms. The van der Waals surface area contributed by atoms with Crippen molar-refractivity contribution in [1.82, 2.24) is 0 Å². The van der Waals surface area contributed by atoms with Crippen molar-refractivity contribution in [2.75, 3.05) is 0 Å². The van der Waals surface area contributed by atoms with Crippen molar-refractivity contribution < 1.29 is 51.3 Å². The van der Waals surface area contributed by atoms with Crippen molar-refractivity contribution in [2.45, 2.75) is 47.7 Å². The van der Waals surface area contributed by atoms with Crippen molar-refractivity contribution in [3.05, 3.63) is 63.9 Å². The average molecular weight is 432 g/mol. The molecule has 25 heavy (non-hydrogen) atoms. The zero-order chi connectivity index (χ0) is 17.3. The van der Waals surface area contributed by atoms with Gasteiger partial charge in [0.1, 0.15) is 0 Å². The molecule has 1 aliphatic carbocycles. The fourth-order valence-electron chi connectivity index (χ4n) is 1.99. The molecule has 1 atom stereocenters. The summed E-state index contributed by atoms with van der Waals surface area (Å²) in [7, 11) is 1.08. The van der Waals surface area contributed by atoms with E-state index in [-0.39, 0.29) is 46.5 Å². The predicted molar refractivity (Wildman–Crippen MR) is 97.3 cm³/mol. The van der Waals surface area contributed by atoms with Gasteiger partial charge in [0, 0.05) is 15.1 Å². The number of benzene rings is 1. The minimum absolute atomic E-state index is 0. The number of carbonyl (C=O) groups excluding carboxylic acids is 1. The Kier molecular flexibility index (Phi) is 22.2. The fraction of sp³-hybridized carbons (Fsp3) is 0.421. The van der Waals surface area contributed by atoms with E-state index in [1.807, 2.05) is 19.1 Å². The van der Waals surface area contributed by atoms with E-state index in [9.17, 15) is 4.79 Å². The number of aryl methyl sites for hydroxylation is 1. The van der Waals surface area contributed by atoms with Crippen LogP contribution in [-0.2, 0) is 21.7 Å². The average Bonchev–Trinajstić information content (AvgIpc) is 2.67. The molecule has 136 valence electrons. The number of nitrogens with one attached hydrogen (secondary N) is 1. The Balaban J connectivity index is -0.000000139. The number of carbonyl (C=O) groups is 1. The third-order valence-electron chi connectivity index (χ3n) is 3.63. The van der Waals surface area contributed by atoms with E-state index in [1.165, 1.54) is 16.7 Å². The van der Waals surface area contributed by atoms with Gasteiger partial charge >= 0.3 is 21.7 Å². The van der Waals surface area contributed by atoms with Crippen LogP contribution >= 0.6 is 0 Å². The van der Waals surface area contributed by atoms with Gasteiger partial charge in [-0.2, -0.15) is 11.1 Å². The van der Waals surface area contributed by atoms with Gasteiger partial charge in [-0.1, -0.05) is 64.0 Å². The third-order valence-corrected chi connectivity index (χ3v) is 3.63. The van der Waals surface area contributed by atoms with Gasteiger partial charge in [0.2, 0.25) is 0 Å². The van der Waals surface area contributed by atoms with E-state index < -0.39 is 5.91 Å². The Hall–Kier alpha value is -0.319. The van der Waals surface area contributed by atoms with E-state index in [0.29, 0.717) is 11.5 Å². The second-order valence-electron chi connectivity index (χ2n) is 5.44. The molecule has 0 aliphatic heterocycles. The quantitative estimate of drug-likeness (QED) is 0.444. The van der Waals surface area contributed by atoms with Crippen LogP contribution in [0.4, 0.5) is 0 Å². The first-order valence-corrected chi connectivity index (χ1v) is 9.44. The standard InChI is InChI=1S/C9H13.C8H9NO.C2H6Si.2ClH.Ti/c1-6-5-7(2)9(4)8(6)3;1-6-4-2-3-5-7(6)8(9)10;1-3-2;;;/h6H,1-4H3;2-5H,1H3,(H2,9,10);1-2H3;2*1H;/q-1;;;;;+4/p-3. The third kappa shape index (κ3) is 11.8. The van der Waals surface area contributed by atoms with Crippen molar-refractivity contribution in [2.24, 2.45) is 5.92 Å². The molecule has 1 aliphatic rings. The van der Waals surface area contributed by atoms with Crippen LogP contribution in [0.1, 0.15) is 43.6 Å². The minimum Gasteiger partial charge on any atom is -1.00 e. The maximum Gasteiger partial charge on any atom is 4.00 e. The van der Waals surface area contributed by atoms with Gasteiger partial charge in [-0.25, -0.2) is 5.57 Å². The molecule has 6 heteroatoms. The predicted octanol–water partition coefficient (Wildman–Crippen LogP) is -0.298. The number of rotatable bonds is 1. The van der Waals surface area contributed by atoms with Crippen molar-refractivity contribution >= 4 is 15.4 Å².